The Morgan fingerprint density at radius 3 is 2.88 bits per heavy atom. The molecule has 3 aliphatic rings. The Kier molecular flexibility index (Phi) is 6.95. The van der Waals surface area contributed by atoms with Gasteiger partial charge in [-0.2, -0.15) is 5.26 Å². The molecule has 0 radical (unpaired) electrons. The summed E-state index contributed by atoms with van der Waals surface area (Å²) in [5.41, 5.74) is 4.00. The quantitative estimate of drug-likeness (QED) is 0.439. The fraction of sp³-hybridized carbons (Fsp3) is 0.387. The first kappa shape index (κ1) is 26.0. The van der Waals surface area contributed by atoms with Crippen molar-refractivity contribution in [3.05, 3.63) is 65.9 Å². The number of nitrogens with zero attached hydrogens (tertiary/aromatic N) is 5. The average molecular weight is 539 g/mol. The van der Waals surface area contributed by atoms with Crippen LogP contribution in [0.2, 0.25) is 0 Å². The minimum absolute atomic E-state index is 0.0318. The van der Waals surface area contributed by atoms with E-state index < -0.39 is 0 Å². The van der Waals surface area contributed by atoms with Crippen LogP contribution in [0.1, 0.15) is 29.7 Å². The van der Waals surface area contributed by atoms with Gasteiger partial charge in [-0.25, -0.2) is 4.98 Å². The number of nitriles is 1. The SMILES string of the molecule is C=CC(=O)N1CC(Nc2c(C#N)c(OCC3CCCN3C)nc3c2CCN(c2cc(O)cc4ccccc24)C3)C1. The fourth-order valence-electron chi connectivity index (χ4n) is 6.11. The molecule has 3 aromatic rings. The van der Waals surface area contributed by atoms with Crippen LogP contribution in [0.3, 0.4) is 0 Å². The number of aromatic nitrogens is 1. The Morgan fingerprint density at radius 2 is 2.12 bits per heavy atom. The molecule has 2 saturated heterocycles. The van der Waals surface area contributed by atoms with E-state index in [1.54, 1.807) is 11.0 Å². The molecule has 3 aliphatic heterocycles. The van der Waals surface area contributed by atoms with Crippen LogP contribution in [-0.2, 0) is 17.8 Å². The molecule has 1 atom stereocenters. The number of rotatable bonds is 7. The van der Waals surface area contributed by atoms with E-state index in [0.717, 1.165) is 52.8 Å². The van der Waals surface area contributed by atoms with Crippen molar-refractivity contribution in [1.29, 1.82) is 5.26 Å². The molecule has 0 saturated carbocycles. The Bertz CT molecular complexity index is 1510. The number of hydrogen-bond donors (Lipinski definition) is 2. The number of likely N-dealkylation sites (tertiary alicyclic amines) is 2. The van der Waals surface area contributed by atoms with E-state index in [9.17, 15) is 15.2 Å². The van der Waals surface area contributed by atoms with E-state index in [1.165, 1.54) is 6.08 Å². The largest absolute Gasteiger partial charge is 0.508 e. The number of fused-ring (bicyclic) bond motifs is 2. The highest BCUT2D eigenvalue weighted by Gasteiger charge is 2.33. The molecule has 40 heavy (non-hydrogen) atoms. The first-order chi connectivity index (χ1) is 19.4. The third-order valence-corrected chi connectivity index (χ3v) is 8.40. The van der Waals surface area contributed by atoms with Gasteiger partial charge in [-0.15, -0.1) is 0 Å². The number of benzene rings is 2. The van der Waals surface area contributed by atoms with Crippen molar-refractivity contribution in [2.75, 3.05) is 50.1 Å². The van der Waals surface area contributed by atoms with E-state index in [2.05, 4.69) is 40.9 Å². The zero-order valence-electron chi connectivity index (χ0n) is 22.8. The summed E-state index contributed by atoms with van der Waals surface area (Å²) >= 11 is 0. The average Bonchev–Trinajstić information content (AvgIpc) is 3.36. The van der Waals surface area contributed by atoms with Gasteiger partial charge in [0.15, 0.2) is 0 Å². The summed E-state index contributed by atoms with van der Waals surface area (Å²) in [6.07, 6.45) is 4.20. The van der Waals surface area contributed by atoms with Gasteiger partial charge in [0.2, 0.25) is 11.8 Å². The Hall–Kier alpha value is -4.29. The second-order valence-electron chi connectivity index (χ2n) is 10.9. The standard InChI is InChI=1S/C31H34N6O3/c1-3-29(39)37-16-21(17-37)33-30-25-10-12-36(28-14-23(38)13-20-7-4-5-9-24(20)28)18-27(25)34-31(26(30)15-32)40-19-22-8-6-11-35(22)2/h3-5,7,9,13-14,21-22,38H,1,6,8,10-12,16-19H2,2H3,(H,33,34). The van der Waals surface area contributed by atoms with Gasteiger partial charge in [0.05, 0.1) is 24.0 Å². The highest BCUT2D eigenvalue weighted by Crippen LogP contribution is 2.39. The topological polar surface area (TPSA) is 105 Å². The van der Waals surface area contributed by atoms with Crippen molar-refractivity contribution in [2.45, 2.75) is 37.9 Å². The Labute approximate surface area is 234 Å². The van der Waals surface area contributed by atoms with Crippen molar-refractivity contribution >= 4 is 28.1 Å². The van der Waals surface area contributed by atoms with E-state index >= 15 is 0 Å². The van der Waals surface area contributed by atoms with Gasteiger partial charge < -0.3 is 29.9 Å². The summed E-state index contributed by atoms with van der Waals surface area (Å²) in [7, 11) is 2.10. The van der Waals surface area contributed by atoms with Gasteiger partial charge in [-0.1, -0.05) is 30.8 Å². The molecule has 9 nitrogen and oxygen atoms in total. The summed E-state index contributed by atoms with van der Waals surface area (Å²) < 4.78 is 6.28. The molecule has 0 aliphatic carbocycles. The van der Waals surface area contributed by atoms with Crippen LogP contribution in [0.4, 0.5) is 11.4 Å². The molecule has 1 amide bonds. The number of amides is 1. The summed E-state index contributed by atoms with van der Waals surface area (Å²) in [6.45, 7) is 7.43. The summed E-state index contributed by atoms with van der Waals surface area (Å²) in [5.74, 6) is 0.488. The molecular formula is C31H34N6O3. The smallest absolute Gasteiger partial charge is 0.246 e. The van der Waals surface area contributed by atoms with Gasteiger partial charge in [0, 0.05) is 48.4 Å². The maximum atomic E-state index is 12.0. The number of pyridine rings is 1. The van der Waals surface area contributed by atoms with Crippen LogP contribution in [0.25, 0.3) is 10.8 Å². The van der Waals surface area contributed by atoms with Gasteiger partial charge in [-0.3, -0.25) is 4.79 Å². The lowest BCUT2D eigenvalue weighted by atomic mass is 9.97. The molecule has 1 aromatic heterocycles. The first-order valence-electron chi connectivity index (χ1n) is 13.9. The molecule has 2 N–H and O–H groups in total. The lowest BCUT2D eigenvalue weighted by molar-refractivity contribution is -0.129. The number of likely N-dealkylation sites (N-methyl/N-ethyl adjacent to an activating group) is 1. The number of phenols is 1. The fourth-order valence-corrected chi connectivity index (χ4v) is 6.11. The van der Waals surface area contributed by atoms with Crippen LogP contribution in [0, 0.1) is 11.3 Å². The number of nitrogens with one attached hydrogen (secondary N) is 1. The maximum absolute atomic E-state index is 12.0. The molecule has 206 valence electrons. The number of carbonyl (C=O) groups is 1. The highest BCUT2D eigenvalue weighted by molar-refractivity contribution is 5.95. The van der Waals surface area contributed by atoms with Gasteiger partial charge in [0.1, 0.15) is 24.0 Å². The normalized spacial score (nSPS) is 19.1. The van der Waals surface area contributed by atoms with E-state index in [1.807, 2.05) is 24.3 Å². The molecule has 6 rings (SSSR count). The number of anilines is 2. The van der Waals surface area contributed by atoms with Crippen LogP contribution in [0.5, 0.6) is 11.6 Å². The van der Waals surface area contributed by atoms with Crippen molar-refractivity contribution in [1.82, 2.24) is 14.8 Å². The molecule has 9 heteroatoms. The number of aromatic hydroxyl groups is 1. The zero-order chi connectivity index (χ0) is 27.8. The van der Waals surface area contributed by atoms with Crippen LogP contribution in [-0.4, -0.2) is 77.7 Å². The van der Waals surface area contributed by atoms with Crippen molar-refractivity contribution in [2.24, 2.45) is 0 Å². The zero-order valence-corrected chi connectivity index (χ0v) is 22.8. The number of carbonyl (C=O) groups excluding carboxylic acids is 1. The second-order valence-corrected chi connectivity index (χ2v) is 10.9. The third-order valence-electron chi connectivity index (χ3n) is 8.40. The monoisotopic (exact) mass is 538 g/mol. The molecule has 1 unspecified atom stereocenters. The third kappa shape index (κ3) is 4.80. The molecule has 2 fully saturated rings. The van der Waals surface area contributed by atoms with Gasteiger partial charge in [-0.05, 0) is 50.4 Å². The Morgan fingerprint density at radius 1 is 1.30 bits per heavy atom. The van der Waals surface area contributed by atoms with Crippen molar-refractivity contribution in [3.8, 4) is 17.7 Å². The summed E-state index contributed by atoms with van der Waals surface area (Å²) in [5, 5.41) is 26.3. The number of ether oxygens (including phenoxy) is 1. The van der Waals surface area contributed by atoms with Crippen molar-refractivity contribution in [3.63, 3.8) is 0 Å². The highest BCUT2D eigenvalue weighted by atomic mass is 16.5. The molecule has 4 heterocycles. The van der Waals surface area contributed by atoms with Crippen LogP contribution >= 0.6 is 0 Å². The maximum Gasteiger partial charge on any atom is 0.246 e. The lowest BCUT2D eigenvalue weighted by Crippen LogP contribution is -2.56. The number of phenolic OH excluding ortho intramolecular Hbond substituents is 1. The van der Waals surface area contributed by atoms with Crippen LogP contribution < -0.4 is 15.0 Å². The summed E-state index contributed by atoms with van der Waals surface area (Å²) in [4.78, 5) is 23.2. The minimum atomic E-state index is -0.0889. The molecule has 2 aromatic carbocycles. The predicted octanol–water partition coefficient (Wildman–Crippen LogP) is 3.66. The predicted molar refractivity (Wildman–Crippen MR) is 155 cm³/mol. The van der Waals surface area contributed by atoms with Crippen molar-refractivity contribution < 1.29 is 14.6 Å². The van der Waals surface area contributed by atoms with Gasteiger partial charge >= 0.3 is 0 Å². The lowest BCUT2D eigenvalue weighted by Gasteiger charge is -2.40. The molecular weight excluding hydrogens is 504 g/mol. The first-order valence-corrected chi connectivity index (χ1v) is 13.9. The van der Waals surface area contributed by atoms with E-state index in [-0.39, 0.29) is 17.7 Å². The summed E-state index contributed by atoms with van der Waals surface area (Å²) in [6, 6.07) is 14.3. The van der Waals surface area contributed by atoms with Crippen LogP contribution in [0.15, 0.2) is 49.1 Å². The Balaban J connectivity index is 1.34. The van der Waals surface area contributed by atoms with E-state index in [4.69, 9.17) is 9.72 Å². The number of hydrogen-bond acceptors (Lipinski definition) is 8. The molecule has 0 spiro atoms. The second kappa shape index (κ2) is 10.7. The minimum Gasteiger partial charge on any atom is -0.508 e. The van der Waals surface area contributed by atoms with E-state index in [0.29, 0.717) is 56.7 Å². The van der Waals surface area contributed by atoms with Gasteiger partial charge in [0.25, 0.3) is 0 Å². The molecule has 0 bridgehead atoms.